The highest BCUT2D eigenvalue weighted by molar-refractivity contribution is 5.85. The molecule has 0 spiro atoms. The average molecular weight is 486 g/mol. The minimum Gasteiger partial charge on any atom is -0.492 e. The summed E-state index contributed by atoms with van der Waals surface area (Å²) < 4.78 is 48.9. The van der Waals surface area contributed by atoms with Crippen molar-refractivity contribution in [2.45, 2.75) is 44.9 Å². The standard InChI is InChI=1S/C28H34F3N3O/c1-18-12-23-21-6-4-5-7-25(21)32-26(23)27(34(18)17-28(2,3)31)22-9-8-20(13-24(22)30)35-11-10-33-15-19(14-29)16-33/h4-9,13,18-19,27,32H,10-12,14-17H2,1-3H3/t18-,27?/m1/s1. The average Bonchev–Trinajstić information content (AvgIpc) is 3.13. The van der Waals surface area contributed by atoms with Crippen molar-refractivity contribution in [3.8, 4) is 5.75 Å². The molecule has 2 atom stereocenters. The zero-order chi connectivity index (χ0) is 24.7. The second-order valence-electron chi connectivity index (χ2n) is 10.7. The first kappa shape index (κ1) is 24.2. The van der Waals surface area contributed by atoms with E-state index in [0.29, 0.717) is 24.5 Å². The molecule has 188 valence electrons. The molecule has 1 saturated heterocycles. The van der Waals surface area contributed by atoms with E-state index in [2.05, 4.69) is 27.8 Å². The zero-order valence-electron chi connectivity index (χ0n) is 20.7. The number of nitrogens with zero attached hydrogens (tertiary/aromatic N) is 2. The summed E-state index contributed by atoms with van der Waals surface area (Å²) in [7, 11) is 0. The Hall–Kier alpha value is -2.51. The van der Waals surface area contributed by atoms with Crippen LogP contribution in [0.2, 0.25) is 0 Å². The number of para-hydroxylation sites is 1. The van der Waals surface area contributed by atoms with Gasteiger partial charge in [0.2, 0.25) is 0 Å². The van der Waals surface area contributed by atoms with Crippen LogP contribution in [0, 0.1) is 11.7 Å². The van der Waals surface area contributed by atoms with Crippen molar-refractivity contribution in [1.29, 1.82) is 0 Å². The van der Waals surface area contributed by atoms with Gasteiger partial charge in [0.05, 0.1) is 12.7 Å². The van der Waals surface area contributed by atoms with Crippen LogP contribution < -0.4 is 4.74 Å². The molecule has 0 saturated carbocycles. The Morgan fingerprint density at radius 3 is 2.63 bits per heavy atom. The number of hydrogen-bond acceptors (Lipinski definition) is 3. The molecule has 0 bridgehead atoms. The van der Waals surface area contributed by atoms with Crippen molar-refractivity contribution in [3.63, 3.8) is 0 Å². The third kappa shape index (κ3) is 4.94. The molecule has 1 unspecified atom stereocenters. The van der Waals surface area contributed by atoms with Gasteiger partial charge in [-0.15, -0.1) is 0 Å². The van der Waals surface area contributed by atoms with Gasteiger partial charge in [0.25, 0.3) is 0 Å². The van der Waals surface area contributed by atoms with E-state index < -0.39 is 11.7 Å². The van der Waals surface area contributed by atoms with Crippen LogP contribution in [0.15, 0.2) is 42.5 Å². The second-order valence-corrected chi connectivity index (χ2v) is 10.7. The molecule has 0 amide bonds. The van der Waals surface area contributed by atoms with Crippen molar-refractivity contribution >= 4 is 10.9 Å². The van der Waals surface area contributed by atoms with Gasteiger partial charge < -0.3 is 9.72 Å². The number of aromatic nitrogens is 1. The lowest BCUT2D eigenvalue weighted by Crippen LogP contribution is -2.49. The van der Waals surface area contributed by atoms with Crippen LogP contribution in [0.25, 0.3) is 10.9 Å². The number of hydrogen-bond donors (Lipinski definition) is 1. The van der Waals surface area contributed by atoms with Crippen LogP contribution in [0.5, 0.6) is 5.75 Å². The maximum atomic E-state index is 15.6. The maximum absolute atomic E-state index is 15.6. The monoisotopic (exact) mass is 485 g/mol. The Kier molecular flexibility index (Phi) is 6.57. The minimum absolute atomic E-state index is 0.0433. The number of alkyl halides is 2. The molecule has 2 aliphatic rings. The number of fused-ring (bicyclic) bond motifs is 3. The molecule has 7 heteroatoms. The molecule has 1 N–H and O–H groups in total. The lowest BCUT2D eigenvalue weighted by Gasteiger charge is -2.43. The normalized spacial score (nSPS) is 21.8. The largest absolute Gasteiger partial charge is 0.492 e. The van der Waals surface area contributed by atoms with E-state index in [0.717, 1.165) is 36.1 Å². The molecule has 2 aliphatic heterocycles. The van der Waals surface area contributed by atoms with Gasteiger partial charge in [0.15, 0.2) is 0 Å². The Morgan fingerprint density at radius 2 is 1.91 bits per heavy atom. The van der Waals surface area contributed by atoms with Gasteiger partial charge in [-0.25, -0.2) is 8.78 Å². The molecule has 4 nitrogen and oxygen atoms in total. The molecule has 5 rings (SSSR count). The molecule has 3 heterocycles. The highest BCUT2D eigenvalue weighted by atomic mass is 19.1. The molecular weight excluding hydrogens is 451 g/mol. The first-order valence-electron chi connectivity index (χ1n) is 12.5. The number of aromatic amines is 1. The predicted molar refractivity (Wildman–Crippen MR) is 133 cm³/mol. The van der Waals surface area contributed by atoms with Crippen LogP contribution >= 0.6 is 0 Å². The summed E-state index contributed by atoms with van der Waals surface area (Å²) in [6.07, 6.45) is 0.772. The summed E-state index contributed by atoms with van der Waals surface area (Å²) in [6.45, 7) is 7.75. The van der Waals surface area contributed by atoms with Gasteiger partial charge in [0, 0.05) is 66.4 Å². The Bertz CT molecular complexity index is 1180. The van der Waals surface area contributed by atoms with E-state index in [1.165, 1.54) is 11.6 Å². The number of ether oxygens (including phenoxy) is 1. The Morgan fingerprint density at radius 1 is 1.14 bits per heavy atom. The van der Waals surface area contributed by atoms with Crippen LogP contribution in [0.1, 0.15) is 43.6 Å². The summed E-state index contributed by atoms with van der Waals surface area (Å²) >= 11 is 0. The highest BCUT2D eigenvalue weighted by Gasteiger charge is 2.39. The van der Waals surface area contributed by atoms with Crippen molar-refractivity contribution in [2.24, 2.45) is 5.92 Å². The number of H-pyrrole nitrogens is 1. The summed E-state index contributed by atoms with van der Waals surface area (Å²) in [5.74, 6) is 0.234. The smallest absolute Gasteiger partial charge is 0.132 e. The molecule has 3 aromatic rings. The summed E-state index contributed by atoms with van der Waals surface area (Å²) in [6, 6.07) is 12.7. The Balaban J connectivity index is 1.42. The number of likely N-dealkylation sites (tertiary alicyclic amines) is 1. The van der Waals surface area contributed by atoms with Crippen LogP contribution in [0.3, 0.4) is 0 Å². The van der Waals surface area contributed by atoms with Gasteiger partial charge in [-0.1, -0.05) is 24.3 Å². The lowest BCUT2D eigenvalue weighted by atomic mass is 9.87. The Labute approximate surface area is 205 Å². The summed E-state index contributed by atoms with van der Waals surface area (Å²) in [5, 5.41) is 1.14. The first-order chi connectivity index (χ1) is 16.7. The molecule has 1 fully saturated rings. The second kappa shape index (κ2) is 9.51. The molecule has 1 aromatic heterocycles. The minimum atomic E-state index is -1.42. The van der Waals surface area contributed by atoms with E-state index in [1.807, 2.05) is 18.2 Å². The molecule has 35 heavy (non-hydrogen) atoms. The van der Waals surface area contributed by atoms with Crippen molar-refractivity contribution in [3.05, 3.63) is 65.1 Å². The van der Waals surface area contributed by atoms with Crippen molar-refractivity contribution in [1.82, 2.24) is 14.8 Å². The van der Waals surface area contributed by atoms with E-state index >= 15 is 4.39 Å². The molecule has 2 aromatic carbocycles. The van der Waals surface area contributed by atoms with Gasteiger partial charge in [-0.05, 0) is 44.9 Å². The van der Waals surface area contributed by atoms with E-state index in [4.69, 9.17) is 4.74 Å². The topological polar surface area (TPSA) is 31.5 Å². The quantitative estimate of drug-likeness (QED) is 0.446. The fourth-order valence-electron chi connectivity index (χ4n) is 5.59. The number of benzene rings is 2. The molecule has 0 aliphatic carbocycles. The SMILES string of the molecule is C[C@@H]1Cc2c([nH]c3ccccc23)C(c2ccc(OCCN3CC(CF)C3)cc2F)N1CC(C)(C)F. The first-order valence-corrected chi connectivity index (χ1v) is 12.5. The van der Waals surface area contributed by atoms with E-state index in [9.17, 15) is 8.78 Å². The summed E-state index contributed by atoms with van der Waals surface area (Å²) in [5.41, 5.74) is 2.20. The van der Waals surface area contributed by atoms with Gasteiger partial charge >= 0.3 is 0 Å². The van der Waals surface area contributed by atoms with Crippen molar-refractivity contribution in [2.75, 3.05) is 39.5 Å². The zero-order valence-corrected chi connectivity index (χ0v) is 20.7. The number of halogens is 3. The molecule has 0 radical (unpaired) electrons. The maximum Gasteiger partial charge on any atom is 0.132 e. The van der Waals surface area contributed by atoms with E-state index in [1.54, 1.807) is 26.0 Å². The number of rotatable bonds is 8. The fourth-order valence-corrected chi connectivity index (χ4v) is 5.59. The van der Waals surface area contributed by atoms with Crippen LogP contribution in [-0.4, -0.2) is 66.0 Å². The van der Waals surface area contributed by atoms with E-state index in [-0.39, 0.29) is 31.0 Å². The van der Waals surface area contributed by atoms with Crippen LogP contribution in [-0.2, 0) is 6.42 Å². The number of nitrogens with one attached hydrogen (secondary N) is 1. The van der Waals surface area contributed by atoms with Crippen molar-refractivity contribution < 1.29 is 17.9 Å². The third-order valence-electron chi connectivity index (χ3n) is 7.27. The van der Waals surface area contributed by atoms with Gasteiger partial charge in [-0.3, -0.25) is 14.2 Å². The van der Waals surface area contributed by atoms with Crippen LogP contribution in [0.4, 0.5) is 13.2 Å². The third-order valence-corrected chi connectivity index (χ3v) is 7.27. The highest BCUT2D eigenvalue weighted by Crippen LogP contribution is 2.42. The van der Waals surface area contributed by atoms with Gasteiger partial charge in [-0.2, -0.15) is 0 Å². The fraction of sp³-hybridized carbons (Fsp3) is 0.500. The molecular formula is C28H34F3N3O. The van der Waals surface area contributed by atoms with Gasteiger partial charge in [0.1, 0.15) is 23.8 Å². The summed E-state index contributed by atoms with van der Waals surface area (Å²) in [4.78, 5) is 7.72. The lowest BCUT2D eigenvalue weighted by molar-refractivity contribution is 0.0650. The predicted octanol–water partition coefficient (Wildman–Crippen LogP) is 5.67.